The average Bonchev–Trinajstić information content (AvgIpc) is 3.05. The highest BCUT2D eigenvalue weighted by molar-refractivity contribution is 7.98. The molecular formula is C33H44N6O5S3. The van der Waals surface area contributed by atoms with Gasteiger partial charge < -0.3 is 37.0 Å². The van der Waals surface area contributed by atoms with E-state index in [0.717, 1.165) is 35.5 Å². The number of ketones is 1. The highest BCUT2D eigenvalue weighted by Crippen LogP contribution is 2.19. The molecule has 2 aromatic carbocycles. The van der Waals surface area contributed by atoms with Crippen LogP contribution >= 0.6 is 36.2 Å². The minimum Gasteiger partial charge on any atom is -0.480 e. The molecular weight excluding hydrogens is 657 g/mol. The lowest BCUT2D eigenvalue weighted by molar-refractivity contribution is -0.142. The molecule has 11 nitrogen and oxygen atoms in total. The van der Waals surface area contributed by atoms with E-state index >= 15 is 0 Å². The summed E-state index contributed by atoms with van der Waals surface area (Å²) in [4.78, 5) is 51.5. The van der Waals surface area contributed by atoms with E-state index in [-0.39, 0.29) is 31.0 Å². The van der Waals surface area contributed by atoms with E-state index < -0.39 is 24.0 Å². The maximum absolute atomic E-state index is 13.2. The van der Waals surface area contributed by atoms with Crippen LogP contribution in [-0.2, 0) is 27.3 Å². The fraction of sp³-hybridized carbons (Fsp3) is 0.455. The van der Waals surface area contributed by atoms with Crippen molar-refractivity contribution in [1.82, 2.24) is 21.3 Å². The third kappa shape index (κ3) is 13.2. The van der Waals surface area contributed by atoms with Gasteiger partial charge in [0.15, 0.2) is 10.9 Å². The summed E-state index contributed by atoms with van der Waals surface area (Å²) < 4.78 is 0. The summed E-state index contributed by atoms with van der Waals surface area (Å²) in [7, 11) is 0. The van der Waals surface area contributed by atoms with Crippen molar-refractivity contribution in [2.24, 2.45) is 0 Å². The number of nitrogens with one attached hydrogen (secondary N) is 6. The van der Waals surface area contributed by atoms with Crippen LogP contribution in [0.25, 0.3) is 0 Å². The number of unbranched alkanes of at least 4 members (excludes halogenated alkanes) is 1. The van der Waals surface area contributed by atoms with Gasteiger partial charge in [-0.2, -0.15) is 11.8 Å². The van der Waals surface area contributed by atoms with Gasteiger partial charge in [-0.3, -0.25) is 14.4 Å². The third-order valence-electron chi connectivity index (χ3n) is 7.59. The number of hydrogen-bond acceptors (Lipinski definition) is 8. The number of rotatable bonds is 18. The number of carbonyl (C=O) groups is 4. The molecule has 1 heterocycles. The van der Waals surface area contributed by atoms with Gasteiger partial charge in [0.25, 0.3) is 5.91 Å². The smallest absolute Gasteiger partial charge is 0.326 e. The van der Waals surface area contributed by atoms with Crippen molar-refractivity contribution in [3.8, 4) is 0 Å². The van der Waals surface area contributed by atoms with E-state index in [4.69, 9.17) is 24.4 Å². The predicted molar refractivity (Wildman–Crippen MR) is 196 cm³/mol. The molecule has 0 spiro atoms. The van der Waals surface area contributed by atoms with Crippen molar-refractivity contribution in [2.75, 3.05) is 35.7 Å². The first-order chi connectivity index (χ1) is 22.6. The number of anilines is 2. The molecule has 2 amide bonds. The number of Topliss-reactive ketones (excluding diaryl/α,β-unsaturated/α-hetero) is 1. The molecule has 2 atom stereocenters. The van der Waals surface area contributed by atoms with Gasteiger partial charge in [0.2, 0.25) is 5.91 Å². The normalized spacial score (nSPS) is 13.3. The second kappa shape index (κ2) is 19.9. The van der Waals surface area contributed by atoms with Crippen LogP contribution in [0.4, 0.5) is 11.4 Å². The standard InChI is InChI=1S/C33H44N6O5S3/c1-21(45)36-23-9-11-24(12-10-23)37-33(46)35-17-4-3-8-28(32(43)44)38-30(41)14-13-29(40)27(16-19-47-2)39-31(42)26-7-5-6-22-20-34-18-15-25(22)26/h5-7,9-12,27-28,34H,3-4,8,13-20H2,1-2H3,(H,36,45)(H,38,41)(H,39,42)(H,43,44)(H2,35,37,46)/t27-,28-/m0/s1. The van der Waals surface area contributed by atoms with Gasteiger partial charge >= 0.3 is 5.97 Å². The number of thioether (sulfide) groups is 1. The zero-order valence-electron chi connectivity index (χ0n) is 26.8. The fourth-order valence-corrected chi connectivity index (χ4v) is 5.96. The quantitative estimate of drug-likeness (QED) is 0.0886. The van der Waals surface area contributed by atoms with Gasteiger partial charge in [-0.25, -0.2) is 4.79 Å². The average molecular weight is 701 g/mol. The molecule has 7 N–H and O–H groups in total. The number of hydrogen-bond donors (Lipinski definition) is 7. The number of carboxylic acids is 1. The SMILES string of the molecule is CSCC[C@H](NC(=O)c1cccc2c1CCNC2)C(=O)CCC(=O)N[C@@H](CCCCNC(=S)Nc1ccc(NC(C)=S)cc1)C(=O)O. The van der Waals surface area contributed by atoms with Crippen molar-refractivity contribution in [3.63, 3.8) is 0 Å². The molecule has 0 saturated heterocycles. The summed E-state index contributed by atoms with van der Waals surface area (Å²) in [5, 5.41) is 28.1. The monoisotopic (exact) mass is 700 g/mol. The van der Waals surface area contributed by atoms with Gasteiger partial charge in [-0.05, 0) is 111 Å². The molecule has 254 valence electrons. The minimum absolute atomic E-state index is 0.103. The Kier molecular flexibility index (Phi) is 16.1. The Balaban J connectivity index is 1.40. The number of fused-ring (bicyclic) bond motifs is 1. The van der Waals surface area contributed by atoms with E-state index in [1.54, 1.807) is 24.8 Å². The molecule has 3 rings (SSSR count). The van der Waals surface area contributed by atoms with Crippen LogP contribution in [0.1, 0.15) is 66.9 Å². The van der Waals surface area contributed by atoms with E-state index in [0.29, 0.717) is 53.8 Å². The molecule has 47 heavy (non-hydrogen) atoms. The van der Waals surface area contributed by atoms with Crippen LogP contribution in [-0.4, -0.2) is 76.0 Å². The molecule has 1 aliphatic heterocycles. The van der Waals surface area contributed by atoms with E-state index in [1.807, 2.05) is 42.7 Å². The van der Waals surface area contributed by atoms with Crippen LogP contribution in [0.2, 0.25) is 0 Å². The summed E-state index contributed by atoms with van der Waals surface area (Å²) in [6.45, 7) is 3.81. The first kappa shape index (κ1) is 37.9. The maximum Gasteiger partial charge on any atom is 0.326 e. The second-order valence-electron chi connectivity index (χ2n) is 11.2. The first-order valence-electron chi connectivity index (χ1n) is 15.7. The Morgan fingerprint density at radius 1 is 0.936 bits per heavy atom. The summed E-state index contributed by atoms with van der Waals surface area (Å²) in [5.41, 5.74) is 4.33. The Morgan fingerprint density at radius 3 is 2.34 bits per heavy atom. The summed E-state index contributed by atoms with van der Waals surface area (Å²) in [6, 6.07) is 11.3. The van der Waals surface area contributed by atoms with Crippen LogP contribution in [0.3, 0.4) is 0 Å². The van der Waals surface area contributed by atoms with E-state index in [1.165, 1.54) is 0 Å². The van der Waals surface area contributed by atoms with Crippen LogP contribution in [0, 0.1) is 0 Å². The van der Waals surface area contributed by atoms with E-state index in [9.17, 15) is 24.3 Å². The number of carbonyl (C=O) groups excluding carboxylic acids is 3. The molecule has 0 bridgehead atoms. The molecule has 1 aliphatic rings. The van der Waals surface area contributed by atoms with Crippen molar-refractivity contribution < 1.29 is 24.3 Å². The lowest BCUT2D eigenvalue weighted by atomic mass is 9.94. The zero-order chi connectivity index (χ0) is 34.2. The van der Waals surface area contributed by atoms with Gasteiger partial charge in [-0.1, -0.05) is 24.4 Å². The number of amides is 2. The fourth-order valence-electron chi connectivity index (χ4n) is 5.16. The number of benzene rings is 2. The zero-order valence-corrected chi connectivity index (χ0v) is 29.2. The Bertz CT molecular complexity index is 1420. The Labute approximate surface area is 291 Å². The number of carboxylic acid groups (broad SMARTS) is 1. The van der Waals surface area contributed by atoms with Gasteiger partial charge in [0.05, 0.1) is 11.0 Å². The van der Waals surface area contributed by atoms with Crippen molar-refractivity contribution in [3.05, 3.63) is 59.2 Å². The summed E-state index contributed by atoms with van der Waals surface area (Å²) in [6.07, 6.45) is 4.23. The molecule has 0 saturated carbocycles. The van der Waals surface area contributed by atoms with Crippen molar-refractivity contribution in [2.45, 2.75) is 70.5 Å². The lowest BCUT2D eigenvalue weighted by Crippen LogP contribution is -2.43. The van der Waals surface area contributed by atoms with E-state index in [2.05, 4.69) is 31.9 Å². The topological polar surface area (TPSA) is 161 Å². The lowest BCUT2D eigenvalue weighted by Gasteiger charge is -2.22. The highest BCUT2D eigenvalue weighted by atomic mass is 32.2. The number of aliphatic carboxylic acids is 1. The molecule has 0 aromatic heterocycles. The molecule has 14 heteroatoms. The second-order valence-corrected chi connectivity index (χ2v) is 13.2. The van der Waals surface area contributed by atoms with Gasteiger partial charge in [0, 0.05) is 42.9 Å². The molecule has 0 aliphatic carbocycles. The summed E-state index contributed by atoms with van der Waals surface area (Å²) in [5.74, 6) is -1.54. The molecule has 2 aromatic rings. The molecule has 0 fully saturated rings. The van der Waals surface area contributed by atoms with Crippen LogP contribution in [0.15, 0.2) is 42.5 Å². The maximum atomic E-state index is 13.2. The number of thiocarbonyl (C=S) groups is 2. The van der Waals surface area contributed by atoms with Crippen molar-refractivity contribution >= 4 is 81.2 Å². The molecule has 0 radical (unpaired) electrons. The largest absolute Gasteiger partial charge is 0.480 e. The van der Waals surface area contributed by atoms with Crippen molar-refractivity contribution in [1.29, 1.82) is 0 Å². The minimum atomic E-state index is -1.14. The molecule has 0 unspecified atom stereocenters. The Hall–Kier alpha value is -3.59. The van der Waals surface area contributed by atoms with Crippen LogP contribution in [0.5, 0.6) is 0 Å². The third-order valence-corrected chi connectivity index (χ3v) is 8.58. The summed E-state index contributed by atoms with van der Waals surface area (Å²) >= 11 is 11.9. The Morgan fingerprint density at radius 2 is 1.66 bits per heavy atom. The van der Waals surface area contributed by atoms with Gasteiger partial charge in [-0.15, -0.1) is 0 Å². The highest BCUT2D eigenvalue weighted by Gasteiger charge is 2.25. The predicted octanol–water partition coefficient (Wildman–Crippen LogP) is 4.02. The first-order valence-corrected chi connectivity index (χ1v) is 17.9. The van der Waals surface area contributed by atoms with Gasteiger partial charge in [0.1, 0.15) is 6.04 Å². The van der Waals surface area contributed by atoms with Crippen LogP contribution < -0.4 is 31.9 Å².